The molecule has 3 fully saturated rings. The number of nitrogens with zero attached hydrogens (tertiary/aromatic N) is 8. The SMILES string of the molecule is CC(C)Cc1cccc(Cl)c1F.CC(C)[C@H](C)[C@H]1CC1(Cl)Cl.CC(C)c1cc(F)cc(Br)n1.CC(C)c1ccc(F)c(Br)n1.CC(C)c1nc(Br)ccc1CN1CC(F)C1.COc1ccc(C)c(C(C)C)n1.Cc1ccc(Br)nc1C(C)C.Cc1ccc(C)c(C(C)C)n1.Cc1ccc(C2CC2)nc1C(C)C. The van der Waals surface area contributed by atoms with Crippen LogP contribution in [0.4, 0.5) is 17.6 Å². The number of halogens is 11. The van der Waals surface area contributed by atoms with E-state index in [1.54, 1.807) is 31.4 Å². The highest BCUT2D eigenvalue weighted by Gasteiger charge is 2.54. The molecular weight excluding hydrogens is 1670 g/mol. The fourth-order valence-corrected chi connectivity index (χ4v) is 13.6. The number of hydrogen-bond acceptors (Lipinski definition) is 9. The van der Waals surface area contributed by atoms with Crippen molar-refractivity contribution in [2.45, 2.75) is 256 Å². The van der Waals surface area contributed by atoms with Gasteiger partial charge in [0.25, 0.3) is 0 Å². The average molecular weight is 1790 g/mol. The fourth-order valence-electron chi connectivity index (χ4n) is 11.2. The van der Waals surface area contributed by atoms with Gasteiger partial charge >= 0.3 is 0 Å². The quantitative estimate of drug-likeness (QED) is 0.0564. The van der Waals surface area contributed by atoms with Gasteiger partial charge in [0.2, 0.25) is 5.88 Å². The van der Waals surface area contributed by atoms with Gasteiger partial charge < -0.3 is 4.74 Å². The van der Waals surface area contributed by atoms with Crippen molar-refractivity contribution in [1.29, 1.82) is 0 Å². The Morgan fingerprint density at radius 1 is 0.505 bits per heavy atom. The molecule has 7 aromatic heterocycles. The van der Waals surface area contributed by atoms with Crippen molar-refractivity contribution in [2.75, 3.05) is 20.2 Å². The number of aromatic nitrogens is 7. The highest BCUT2D eigenvalue weighted by atomic mass is 79.9. The number of likely N-dealkylation sites (tertiary alicyclic amines) is 1. The summed E-state index contributed by atoms with van der Waals surface area (Å²) in [6, 6.07) is 31.7. The van der Waals surface area contributed by atoms with Crippen molar-refractivity contribution in [1.82, 2.24) is 39.8 Å². The number of pyridine rings is 7. The van der Waals surface area contributed by atoms with Gasteiger partial charge in [-0.2, -0.15) is 0 Å². The second-order valence-corrected chi connectivity index (χ2v) is 36.0. The molecule has 2 atom stereocenters. The van der Waals surface area contributed by atoms with Crippen molar-refractivity contribution in [3.63, 3.8) is 0 Å². The van der Waals surface area contributed by atoms with Crippen molar-refractivity contribution >= 4 is 98.5 Å². The Bertz CT molecular complexity index is 3920. The number of alkyl halides is 3. The molecule has 107 heavy (non-hydrogen) atoms. The minimum absolute atomic E-state index is 0.216. The highest BCUT2D eigenvalue weighted by Crippen LogP contribution is 2.58. The Morgan fingerprint density at radius 3 is 1.41 bits per heavy atom. The van der Waals surface area contributed by atoms with E-state index < -0.39 is 6.17 Å². The van der Waals surface area contributed by atoms with Gasteiger partial charge in [-0.1, -0.05) is 186 Å². The minimum atomic E-state index is -0.633. The average Bonchev–Trinajstić information content (AvgIpc) is 1.62. The number of methoxy groups -OCH3 is 1. The van der Waals surface area contributed by atoms with E-state index in [1.807, 2.05) is 58.9 Å². The molecule has 0 N–H and O–H groups in total. The van der Waals surface area contributed by atoms with Gasteiger partial charge in [-0.15, -0.1) is 23.2 Å². The monoisotopic (exact) mass is 1790 g/mol. The third-order valence-electron chi connectivity index (χ3n) is 17.9. The van der Waals surface area contributed by atoms with Crippen LogP contribution in [0, 0.1) is 75.7 Å². The third kappa shape index (κ3) is 35.0. The molecule has 2 aliphatic carbocycles. The van der Waals surface area contributed by atoms with Gasteiger partial charge in [-0.05, 0) is 271 Å². The van der Waals surface area contributed by atoms with Crippen molar-refractivity contribution < 1.29 is 22.3 Å². The Kier molecular flexibility index (Phi) is 42.6. The summed E-state index contributed by atoms with van der Waals surface area (Å²) in [6.45, 7) is 52.8. The Morgan fingerprint density at radius 2 is 0.981 bits per heavy atom. The summed E-state index contributed by atoms with van der Waals surface area (Å²) in [5.74, 6) is 6.07. The van der Waals surface area contributed by atoms with Gasteiger partial charge in [0.05, 0.1) is 12.1 Å². The van der Waals surface area contributed by atoms with Crippen molar-refractivity contribution in [3.05, 3.63) is 229 Å². The first-order valence-corrected chi connectivity index (χ1v) is 41.7. The molecule has 0 unspecified atom stereocenters. The molecule has 20 heteroatoms. The summed E-state index contributed by atoms with van der Waals surface area (Å²) < 4.78 is 58.6. The van der Waals surface area contributed by atoms with E-state index in [0.29, 0.717) is 92.9 Å². The molecule has 8 aromatic rings. The zero-order valence-electron chi connectivity index (χ0n) is 67.9. The van der Waals surface area contributed by atoms with Gasteiger partial charge in [-0.25, -0.2) is 42.5 Å². The maximum absolute atomic E-state index is 13.2. The zero-order valence-corrected chi connectivity index (χ0v) is 76.5. The highest BCUT2D eigenvalue weighted by molar-refractivity contribution is 9.11. The summed E-state index contributed by atoms with van der Waals surface area (Å²) in [5, 5.41) is 0.216. The molecule has 3 aliphatic rings. The molecule has 2 saturated carbocycles. The maximum Gasteiger partial charge on any atom is 0.213 e. The molecule has 0 radical (unpaired) electrons. The van der Waals surface area contributed by atoms with Crippen LogP contribution in [0.5, 0.6) is 5.88 Å². The lowest BCUT2D eigenvalue weighted by Gasteiger charge is -2.34. The normalized spacial score (nSPS) is 14.5. The molecule has 11 rings (SSSR count). The zero-order chi connectivity index (χ0) is 81.1. The first-order valence-electron chi connectivity index (χ1n) is 37.4. The number of hydrogen-bond donors (Lipinski definition) is 0. The molecule has 0 bridgehead atoms. The van der Waals surface area contributed by atoms with E-state index in [9.17, 15) is 17.6 Å². The van der Waals surface area contributed by atoms with Crippen LogP contribution in [0.3, 0.4) is 0 Å². The lowest BCUT2D eigenvalue weighted by atomic mass is 9.93. The molecule has 1 aliphatic heterocycles. The Balaban J connectivity index is 0.000000313. The summed E-state index contributed by atoms with van der Waals surface area (Å²) in [4.78, 5) is 32.7. The van der Waals surface area contributed by atoms with E-state index in [4.69, 9.17) is 44.5 Å². The third-order valence-corrected chi connectivity index (χ3v) is 20.9. The van der Waals surface area contributed by atoms with Crippen LogP contribution in [0.1, 0.15) is 283 Å². The first kappa shape index (κ1) is 96.7. The molecule has 9 nitrogen and oxygen atoms in total. The standard InChI is InChI=1S/C12H16BrFN2.C12H17N.C10H12ClF.C10H15NO.C10H15N.C9H12BrN.2C8H9BrFN.C8H14Cl2/c1-8(2)12-9(3-4-11(13)15-12)5-16-6-10(14)7-16;1-8(2)12-9(3)4-7-11(13-12)10-5-6-10;1-7(2)6-8-4-3-5-9(11)10(8)12;1-7(2)10-8(3)5-6-9(11-10)12-4;1-7(2)10-8(3)5-6-9(4)11-10;1-6(2)9-7(3)4-5-8(10)11-9;1-5(2)7-3-6(10)4-8(9)11-7;1-5(2)7-4-3-6(10)8(9)11-7;1-5(2)6(3)7-4-8(7,9)10/h3-4,8,10H,5-7H2,1-2H3;4,7-8,10H,5-6H2,1-3H3;3-5,7H,6H2,1-2H3;5-7H,1-4H3;5-7H,1-4H3;4-6H,1-3H3;2*3-5H,1-2H3;5-7H,4H2,1-3H3/t;;;;;;;;6-,7+/m........0/s1. The lowest BCUT2D eigenvalue weighted by Crippen LogP contribution is -2.47. The van der Waals surface area contributed by atoms with E-state index in [2.05, 4.69) is 266 Å². The molecule has 0 spiro atoms. The van der Waals surface area contributed by atoms with Crippen LogP contribution in [-0.2, 0) is 13.0 Å². The molecule has 590 valence electrons. The van der Waals surface area contributed by atoms with E-state index in [1.165, 1.54) is 81.6 Å². The van der Waals surface area contributed by atoms with Crippen LogP contribution in [-0.4, -0.2) is 70.5 Å². The Hall–Kier alpha value is -4.46. The predicted molar refractivity (Wildman–Crippen MR) is 458 cm³/mol. The van der Waals surface area contributed by atoms with E-state index >= 15 is 0 Å². The van der Waals surface area contributed by atoms with E-state index in [0.717, 1.165) is 63.0 Å². The van der Waals surface area contributed by atoms with Crippen LogP contribution >= 0.6 is 98.5 Å². The van der Waals surface area contributed by atoms with Gasteiger partial charge in [0, 0.05) is 88.9 Å². The summed E-state index contributed by atoms with van der Waals surface area (Å²) in [6.07, 6.45) is 3.77. The summed E-state index contributed by atoms with van der Waals surface area (Å²) in [7, 11) is 1.64. The second-order valence-electron chi connectivity index (χ2n) is 30.8. The lowest BCUT2D eigenvalue weighted by molar-refractivity contribution is 0.0587. The summed E-state index contributed by atoms with van der Waals surface area (Å²) in [5.41, 5.74) is 17.1. The molecule has 8 heterocycles. The number of ether oxygens (including phenoxy) is 1. The van der Waals surface area contributed by atoms with E-state index in [-0.39, 0.29) is 32.7 Å². The topological polar surface area (TPSA) is 103 Å². The van der Waals surface area contributed by atoms with Crippen LogP contribution < -0.4 is 4.74 Å². The maximum atomic E-state index is 13.2. The number of aryl methyl sites for hydroxylation is 5. The molecule has 1 aromatic carbocycles. The number of rotatable bonds is 15. The van der Waals surface area contributed by atoms with Crippen molar-refractivity contribution in [3.8, 4) is 5.88 Å². The molecular formula is C87H119Br4Cl3F4N8O. The smallest absolute Gasteiger partial charge is 0.213 e. The summed E-state index contributed by atoms with van der Waals surface area (Å²) >= 11 is 30.3. The largest absolute Gasteiger partial charge is 0.481 e. The Labute approximate surface area is 689 Å². The second kappa shape index (κ2) is 47.2. The van der Waals surface area contributed by atoms with Crippen LogP contribution in [0.2, 0.25) is 5.02 Å². The van der Waals surface area contributed by atoms with Crippen LogP contribution in [0.25, 0.3) is 0 Å². The van der Waals surface area contributed by atoms with Gasteiger partial charge in [0.15, 0.2) is 5.82 Å². The number of benzene rings is 1. The minimum Gasteiger partial charge on any atom is -0.481 e. The first-order chi connectivity index (χ1) is 49.9. The van der Waals surface area contributed by atoms with Gasteiger partial charge in [0.1, 0.15) is 40.6 Å². The molecule has 1 saturated heterocycles. The van der Waals surface area contributed by atoms with Gasteiger partial charge in [-0.3, -0.25) is 14.9 Å². The fraction of sp³-hybridized carbons (Fsp3) is 0.529. The predicted octanol–water partition coefficient (Wildman–Crippen LogP) is 28.5. The van der Waals surface area contributed by atoms with Crippen LogP contribution in [0.15, 0.2) is 122 Å². The van der Waals surface area contributed by atoms with Crippen molar-refractivity contribution in [2.24, 2.45) is 23.7 Å². The molecule has 0 amide bonds.